The lowest BCUT2D eigenvalue weighted by atomic mass is 9.97. The molecule has 0 bridgehead atoms. The van der Waals surface area contributed by atoms with Crippen LogP contribution in [-0.4, -0.2) is 25.1 Å². The van der Waals surface area contributed by atoms with Crippen molar-refractivity contribution >= 4 is 17.3 Å². The van der Waals surface area contributed by atoms with Crippen LogP contribution < -0.4 is 15.0 Å². The molecule has 2 heterocycles. The van der Waals surface area contributed by atoms with Crippen LogP contribution in [0.2, 0.25) is 0 Å². The predicted octanol–water partition coefficient (Wildman–Crippen LogP) is 4.81. The number of para-hydroxylation sites is 1. The topological polar surface area (TPSA) is 41.6 Å². The number of nitrogens with zero attached hydrogens (tertiary/aromatic N) is 1. The molecule has 0 spiro atoms. The van der Waals surface area contributed by atoms with Crippen LogP contribution in [0.4, 0.5) is 11.4 Å². The van der Waals surface area contributed by atoms with Crippen molar-refractivity contribution in [3.63, 3.8) is 0 Å². The van der Waals surface area contributed by atoms with Gasteiger partial charge in [-0.05, 0) is 56.5 Å². The maximum atomic E-state index is 12.8. The Balaban J connectivity index is 1.49. The summed E-state index contributed by atoms with van der Waals surface area (Å²) in [6, 6.07) is 14.0. The van der Waals surface area contributed by atoms with Gasteiger partial charge in [0.2, 0.25) is 0 Å². The molecule has 4 nitrogen and oxygen atoms in total. The van der Waals surface area contributed by atoms with E-state index < -0.39 is 0 Å². The number of rotatable bonds is 3. The van der Waals surface area contributed by atoms with E-state index in [9.17, 15) is 4.79 Å². The van der Waals surface area contributed by atoms with Crippen molar-refractivity contribution in [2.75, 3.05) is 23.3 Å². The van der Waals surface area contributed by atoms with Crippen molar-refractivity contribution in [3.8, 4) is 5.75 Å². The fourth-order valence-corrected chi connectivity index (χ4v) is 3.87. The van der Waals surface area contributed by atoms with Gasteiger partial charge in [-0.2, -0.15) is 0 Å². The fraction of sp³-hybridized carbons (Fsp3) is 0.409. The molecule has 2 aliphatic heterocycles. The average Bonchev–Trinajstić information content (AvgIpc) is 2.97. The maximum absolute atomic E-state index is 12.8. The van der Waals surface area contributed by atoms with Gasteiger partial charge >= 0.3 is 0 Å². The number of fused-ring (bicyclic) bond motifs is 1. The first-order chi connectivity index (χ1) is 12.6. The predicted molar refractivity (Wildman–Crippen MR) is 105 cm³/mol. The molecule has 2 aromatic rings. The molecule has 4 rings (SSSR count). The van der Waals surface area contributed by atoms with Crippen LogP contribution in [-0.2, 0) is 0 Å². The van der Waals surface area contributed by atoms with E-state index in [4.69, 9.17) is 4.74 Å². The molecular weight excluding hydrogens is 324 g/mol. The zero-order valence-corrected chi connectivity index (χ0v) is 15.5. The highest BCUT2D eigenvalue weighted by Gasteiger charge is 2.31. The van der Waals surface area contributed by atoms with Crippen LogP contribution in [0.25, 0.3) is 0 Å². The fourth-order valence-electron chi connectivity index (χ4n) is 3.87. The third kappa shape index (κ3) is 3.16. The van der Waals surface area contributed by atoms with Crippen LogP contribution in [0.15, 0.2) is 42.5 Å². The lowest BCUT2D eigenvalue weighted by Gasteiger charge is -2.28. The number of amides is 1. The number of benzene rings is 2. The minimum Gasteiger partial charge on any atom is -0.489 e. The second kappa shape index (κ2) is 7.02. The largest absolute Gasteiger partial charge is 0.489 e. The monoisotopic (exact) mass is 350 g/mol. The molecule has 1 N–H and O–H groups in total. The lowest BCUT2D eigenvalue weighted by molar-refractivity contribution is 0.102. The van der Waals surface area contributed by atoms with Gasteiger partial charge in [0.15, 0.2) is 0 Å². The van der Waals surface area contributed by atoms with Gasteiger partial charge in [0.25, 0.3) is 5.91 Å². The van der Waals surface area contributed by atoms with E-state index in [2.05, 4.69) is 29.3 Å². The van der Waals surface area contributed by atoms with E-state index in [1.165, 1.54) is 24.9 Å². The van der Waals surface area contributed by atoms with Crippen LogP contribution in [0.1, 0.15) is 54.9 Å². The second-order valence-corrected chi connectivity index (χ2v) is 7.38. The molecule has 1 fully saturated rings. The molecule has 1 amide bonds. The first-order valence-electron chi connectivity index (χ1n) is 9.59. The number of ether oxygens (including phenoxy) is 1. The molecule has 0 saturated carbocycles. The van der Waals surface area contributed by atoms with Gasteiger partial charge in [-0.25, -0.2) is 0 Å². The minimum atomic E-state index is -0.117. The molecule has 1 saturated heterocycles. The first-order valence-corrected chi connectivity index (χ1v) is 9.59. The van der Waals surface area contributed by atoms with Crippen molar-refractivity contribution in [2.45, 2.75) is 45.1 Å². The van der Waals surface area contributed by atoms with Crippen LogP contribution in [0.5, 0.6) is 5.75 Å². The Labute approximate surface area is 155 Å². The van der Waals surface area contributed by atoms with E-state index in [-0.39, 0.29) is 12.0 Å². The highest BCUT2D eigenvalue weighted by molar-refractivity contribution is 6.06. The van der Waals surface area contributed by atoms with Gasteiger partial charge in [0.1, 0.15) is 11.9 Å². The number of carbonyl (C=O) groups is 1. The van der Waals surface area contributed by atoms with E-state index >= 15 is 0 Å². The zero-order valence-electron chi connectivity index (χ0n) is 15.5. The summed E-state index contributed by atoms with van der Waals surface area (Å²) in [5.74, 6) is 0.922. The smallest absolute Gasteiger partial charge is 0.259 e. The standard InChI is InChI=1S/C22H26N2O2/c1-15-16(2)26-21-19(15)7-6-8-20(21)22(25)23-17-9-11-18(12-10-17)24-13-4-3-5-14-24/h6-12,15-16H,3-5,13-14H2,1-2H3,(H,23,25)/t15-,16+/m1/s1. The molecule has 2 atom stereocenters. The SMILES string of the molecule is C[C@@H]1Oc2c(C(=O)Nc3ccc(N4CCCCC4)cc3)cccc2[C@@H]1C. The molecule has 2 aromatic carbocycles. The highest BCUT2D eigenvalue weighted by Crippen LogP contribution is 2.40. The Bertz CT molecular complexity index is 794. The summed E-state index contributed by atoms with van der Waals surface area (Å²) in [4.78, 5) is 15.2. The number of hydrogen-bond acceptors (Lipinski definition) is 3. The lowest BCUT2D eigenvalue weighted by Crippen LogP contribution is -2.29. The molecular formula is C22H26N2O2. The van der Waals surface area contributed by atoms with Gasteiger partial charge in [-0.3, -0.25) is 4.79 Å². The number of nitrogens with one attached hydrogen (secondary N) is 1. The molecule has 2 aliphatic rings. The van der Waals surface area contributed by atoms with Gasteiger partial charge in [-0.15, -0.1) is 0 Å². The van der Waals surface area contributed by atoms with Gasteiger partial charge in [0.05, 0.1) is 5.56 Å². The van der Waals surface area contributed by atoms with Gasteiger partial charge in [-0.1, -0.05) is 19.1 Å². The first kappa shape index (κ1) is 17.0. The Morgan fingerprint density at radius 3 is 2.50 bits per heavy atom. The minimum absolute atomic E-state index is 0.0998. The third-order valence-electron chi connectivity index (χ3n) is 5.63. The van der Waals surface area contributed by atoms with E-state index in [0.717, 1.165) is 30.1 Å². The van der Waals surface area contributed by atoms with E-state index in [1.54, 1.807) is 0 Å². The van der Waals surface area contributed by atoms with Crippen molar-refractivity contribution < 1.29 is 9.53 Å². The van der Waals surface area contributed by atoms with Crippen LogP contribution in [0, 0.1) is 0 Å². The molecule has 26 heavy (non-hydrogen) atoms. The number of carbonyl (C=O) groups excluding carboxylic acids is 1. The number of hydrogen-bond donors (Lipinski definition) is 1. The third-order valence-corrected chi connectivity index (χ3v) is 5.63. The molecule has 4 heteroatoms. The van der Waals surface area contributed by atoms with E-state index in [1.807, 2.05) is 37.3 Å². The maximum Gasteiger partial charge on any atom is 0.259 e. The Morgan fingerprint density at radius 1 is 1.04 bits per heavy atom. The summed E-state index contributed by atoms with van der Waals surface area (Å²) >= 11 is 0. The Hall–Kier alpha value is -2.49. The summed E-state index contributed by atoms with van der Waals surface area (Å²) in [6.45, 7) is 6.42. The van der Waals surface area contributed by atoms with Crippen molar-refractivity contribution in [1.29, 1.82) is 0 Å². The summed E-state index contributed by atoms with van der Waals surface area (Å²) in [5, 5.41) is 3.01. The quantitative estimate of drug-likeness (QED) is 0.863. The normalized spacial score (nSPS) is 21.8. The molecule has 0 aromatic heterocycles. The van der Waals surface area contributed by atoms with Gasteiger partial charge in [0, 0.05) is 35.9 Å². The summed E-state index contributed by atoms with van der Waals surface area (Å²) in [7, 11) is 0. The number of anilines is 2. The molecule has 0 unspecified atom stereocenters. The molecule has 0 radical (unpaired) electrons. The summed E-state index contributed by atoms with van der Waals surface area (Å²) in [5.41, 5.74) is 3.77. The summed E-state index contributed by atoms with van der Waals surface area (Å²) in [6.07, 6.45) is 3.94. The Morgan fingerprint density at radius 2 is 1.77 bits per heavy atom. The van der Waals surface area contributed by atoms with Gasteiger partial charge < -0.3 is 15.0 Å². The molecule has 0 aliphatic carbocycles. The molecule has 136 valence electrons. The van der Waals surface area contributed by atoms with Crippen LogP contribution in [0.3, 0.4) is 0 Å². The zero-order chi connectivity index (χ0) is 18.1. The summed E-state index contributed by atoms with van der Waals surface area (Å²) < 4.78 is 5.94. The van der Waals surface area contributed by atoms with Crippen LogP contribution >= 0.6 is 0 Å². The number of piperidine rings is 1. The van der Waals surface area contributed by atoms with Crippen molar-refractivity contribution in [3.05, 3.63) is 53.6 Å². The van der Waals surface area contributed by atoms with Crippen molar-refractivity contribution in [2.24, 2.45) is 0 Å². The second-order valence-electron chi connectivity index (χ2n) is 7.38. The Kier molecular flexibility index (Phi) is 4.58. The van der Waals surface area contributed by atoms with E-state index in [0.29, 0.717) is 11.5 Å². The van der Waals surface area contributed by atoms with Crippen molar-refractivity contribution in [1.82, 2.24) is 0 Å². The average molecular weight is 350 g/mol. The highest BCUT2D eigenvalue weighted by atomic mass is 16.5.